The molecule has 1 saturated heterocycles. The lowest BCUT2D eigenvalue weighted by molar-refractivity contribution is -0.137. The summed E-state index contributed by atoms with van der Waals surface area (Å²) in [5, 5.41) is 17.8. The van der Waals surface area contributed by atoms with Crippen LogP contribution in [0.4, 0.5) is 23.7 Å². The van der Waals surface area contributed by atoms with Gasteiger partial charge in [0.1, 0.15) is 17.9 Å². The number of anilines is 1. The number of halogens is 3. The summed E-state index contributed by atoms with van der Waals surface area (Å²) in [5.41, 5.74) is -3.16. The molecule has 2 aromatic rings. The number of carbonyl (C=O) groups excluding carboxylic acids is 2. The molecule has 7 nitrogen and oxygen atoms in total. The number of aliphatic hydroxyl groups excluding tert-OH is 1. The third-order valence-electron chi connectivity index (χ3n) is 5.23. The summed E-state index contributed by atoms with van der Waals surface area (Å²) in [6.07, 6.45) is -4.83. The average Bonchev–Trinajstić information content (AvgIpc) is 2.92. The van der Waals surface area contributed by atoms with Crippen molar-refractivity contribution in [2.75, 3.05) is 25.2 Å². The fourth-order valence-corrected chi connectivity index (χ4v) is 3.38. The maximum atomic E-state index is 13.3. The van der Waals surface area contributed by atoms with Crippen molar-refractivity contribution in [2.45, 2.75) is 18.6 Å². The first kappa shape index (κ1) is 22.1. The molecule has 0 spiro atoms. The van der Waals surface area contributed by atoms with E-state index in [2.05, 4.69) is 0 Å². The van der Waals surface area contributed by atoms with E-state index in [0.717, 1.165) is 17.0 Å². The number of rotatable bonds is 5. The highest BCUT2D eigenvalue weighted by Crippen LogP contribution is 2.41. The molecule has 3 amide bonds. The molecule has 1 unspecified atom stereocenters. The van der Waals surface area contributed by atoms with Crippen LogP contribution < -0.4 is 9.64 Å². The van der Waals surface area contributed by atoms with E-state index in [9.17, 15) is 22.8 Å². The molecule has 1 fully saturated rings. The number of benzene rings is 2. The lowest BCUT2D eigenvalue weighted by Gasteiger charge is -2.29. The largest absolute Gasteiger partial charge is 0.491 e. The molecule has 10 heteroatoms. The zero-order valence-corrected chi connectivity index (χ0v) is 16.6. The predicted molar refractivity (Wildman–Crippen MR) is 103 cm³/mol. The molecule has 1 atom stereocenters. The van der Waals surface area contributed by atoms with E-state index in [1.807, 2.05) is 0 Å². The molecule has 0 saturated carbocycles. The Morgan fingerprint density at radius 1 is 1.16 bits per heavy atom. The van der Waals surface area contributed by atoms with Gasteiger partial charge in [0.2, 0.25) is 0 Å². The number of hydrogen-bond acceptors (Lipinski definition) is 5. The van der Waals surface area contributed by atoms with E-state index in [0.29, 0.717) is 22.3 Å². The van der Waals surface area contributed by atoms with E-state index in [1.54, 1.807) is 24.3 Å². The molecule has 162 valence electrons. The zero-order chi connectivity index (χ0) is 23.0. The smallest absolute Gasteiger partial charge is 0.417 e. The SMILES string of the molecule is CN1C(=O)N(c2ccc(C#N)c(C(F)(F)F)c2)C(=O)C1(C)c1ccc(OCCO)cc1. The number of likely N-dealkylation sites (N-methyl/N-ethyl adjacent to an activating group) is 1. The lowest BCUT2D eigenvalue weighted by atomic mass is 9.90. The van der Waals surface area contributed by atoms with Gasteiger partial charge in [0.25, 0.3) is 5.91 Å². The van der Waals surface area contributed by atoms with E-state index in [-0.39, 0.29) is 18.9 Å². The van der Waals surface area contributed by atoms with Crippen molar-refractivity contribution < 1.29 is 32.6 Å². The Morgan fingerprint density at radius 2 is 1.81 bits per heavy atom. The summed E-state index contributed by atoms with van der Waals surface area (Å²) in [4.78, 5) is 28.0. The van der Waals surface area contributed by atoms with Gasteiger partial charge in [-0.2, -0.15) is 18.4 Å². The molecule has 0 radical (unpaired) electrons. The van der Waals surface area contributed by atoms with Crippen LogP contribution in [0.15, 0.2) is 42.5 Å². The highest BCUT2D eigenvalue weighted by atomic mass is 19.4. The minimum Gasteiger partial charge on any atom is -0.491 e. The molecule has 0 aliphatic carbocycles. The molecular weight excluding hydrogens is 415 g/mol. The minimum absolute atomic E-state index is 0.0853. The van der Waals surface area contributed by atoms with Crippen molar-refractivity contribution in [3.8, 4) is 11.8 Å². The van der Waals surface area contributed by atoms with Crippen LogP contribution in [0.2, 0.25) is 0 Å². The maximum absolute atomic E-state index is 13.3. The molecule has 1 aliphatic rings. The number of urea groups is 1. The van der Waals surface area contributed by atoms with Crippen LogP contribution >= 0.6 is 0 Å². The molecule has 0 bridgehead atoms. The number of amides is 3. The monoisotopic (exact) mass is 433 g/mol. The van der Waals surface area contributed by atoms with Gasteiger partial charge in [-0.3, -0.25) is 4.79 Å². The Balaban J connectivity index is 2.02. The van der Waals surface area contributed by atoms with Crippen LogP contribution in [-0.2, 0) is 16.5 Å². The van der Waals surface area contributed by atoms with Crippen LogP contribution in [0.3, 0.4) is 0 Å². The topological polar surface area (TPSA) is 93.9 Å². The van der Waals surface area contributed by atoms with Crippen LogP contribution in [0.25, 0.3) is 0 Å². The number of nitriles is 1. The van der Waals surface area contributed by atoms with Gasteiger partial charge in [0, 0.05) is 7.05 Å². The summed E-state index contributed by atoms with van der Waals surface area (Å²) < 4.78 is 45.3. The lowest BCUT2D eigenvalue weighted by Crippen LogP contribution is -2.42. The minimum atomic E-state index is -4.83. The van der Waals surface area contributed by atoms with E-state index >= 15 is 0 Å². The number of carbonyl (C=O) groups is 2. The van der Waals surface area contributed by atoms with Gasteiger partial charge in [-0.1, -0.05) is 12.1 Å². The third-order valence-corrected chi connectivity index (χ3v) is 5.23. The Labute approximate surface area is 175 Å². The summed E-state index contributed by atoms with van der Waals surface area (Å²) >= 11 is 0. The quantitative estimate of drug-likeness (QED) is 0.731. The average molecular weight is 433 g/mol. The van der Waals surface area contributed by atoms with Gasteiger partial charge in [0.05, 0.1) is 29.5 Å². The number of alkyl halides is 3. The van der Waals surface area contributed by atoms with Crippen LogP contribution in [0.1, 0.15) is 23.6 Å². The molecule has 1 heterocycles. The van der Waals surface area contributed by atoms with Crippen LogP contribution in [0, 0.1) is 11.3 Å². The Hall–Kier alpha value is -3.58. The number of nitrogens with zero attached hydrogens (tertiary/aromatic N) is 3. The van der Waals surface area contributed by atoms with Gasteiger partial charge < -0.3 is 14.7 Å². The maximum Gasteiger partial charge on any atom is 0.417 e. The van der Waals surface area contributed by atoms with Crippen molar-refractivity contribution in [3.05, 3.63) is 59.2 Å². The highest BCUT2D eigenvalue weighted by Gasteiger charge is 2.54. The fraction of sp³-hybridized carbons (Fsp3) is 0.286. The normalized spacial score (nSPS) is 19.0. The van der Waals surface area contributed by atoms with Crippen molar-refractivity contribution in [2.24, 2.45) is 0 Å². The van der Waals surface area contributed by atoms with Crippen molar-refractivity contribution >= 4 is 17.6 Å². The highest BCUT2D eigenvalue weighted by molar-refractivity contribution is 6.23. The summed E-state index contributed by atoms with van der Waals surface area (Å²) in [7, 11) is 1.38. The van der Waals surface area contributed by atoms with E-state index in [4.69, 9.17) is 15.1 Å². The number of aliphatic hydroxyl groups is 1. The van der Waals surface area contributed by atoms with Gasteiger partial charge in [0.15, 0.2) is 0 Å². The van der Waals surface area contributed by atoms with Gasteiger partial charge in [-0.25, -0.2) is 9.69 Å². The van der Waals surface area contributed by atoms with Gasteiger partial charge >= 0.3 is 12.2 Å². The first-order chi connectivity index (χ1) is 14.6. The molecular formula is C21H18F3N3O4. The van der Waals surface area contributed by atoms with Crippen molar-refractivity contribution in [1.29, 1.82) is 5.26 Å². The second-order valence-corrected chi connectivity index (χ2v) is 6.99. The van der Waals surface area contributed by atoms with E-state index in [1.165, 1.54) is 20.0 Å². The predicted octanol–water partition coefficient (Wildman–Crippen LogP) is 3.26. The molecule has 1 N–H and O–H groups in total. The van der Waals surface area contributed by atoms with Crippen molar-refractivity contribution in [1.82, 2.24) is 4.90 Å². The Bertz CT molecular complexity index is 1060. The molecule has 1 aliphatic heterocycles. The number of hydrogen-bond donors (Lipinski definition) is 1. The van der Waals surface area contributed by atoms with Gasteiger partial charge in [-0.15, -0.1) is 0 Å². The molecule has 3 rings (SSSR count). The molecule has 31 heavy (non-hydrogen) atoms. The van der Waals surface area contributed by atoms with Crippen LogP contribution in [-0.4, -0.2) is 42.2 Å². The van der Waals surface area contributed by atoms with Crippen molar-refractivity contribution in [3.63, 3.8) is 0 Å². The fourth-order valence-electron chi connectivity index (χ4n) is 3.38. The third kappa shape index (κ3) is 3.68. The summed E-state index contributed by atoms with van der Waals surface area (Å²) in [5.74, 6) is -0.290. The van der Waals surface area contributed by atoms with E-state index < -0.39 is 34.8 Å². The number of imide groups is 1. The Morgan fingerprint density at radius 3 is 2.35 bits per heavy atom. The second kappa shape index (κ2) is 7.92. The van der Waals surface area contributed by atoms with Crippen LogP contribution in [0.5, 0.6) is 5.75 Å². The molecule has 2 aromatic carbocycles. The first-order valence-electron chi connectivity index (χ1n) is 9.13. The standard InChI is InChI=1S/C21H18F3N3O4/c1-20(14-4-7-16(8-5-14)31-10-9-28)18(29)27(19(30)26(20)2)15-6-3-13(12-25)17(11-15)21(22,23)24/h3-8,11,28H,9-10H2,1-2H3. The first-order valence-corrected chi connectivity index (χ1v) is 9.13. The van der Waals surface area contributed by atoms with Gasteiger partial charge in [-0.05, 0) is 42.8 Å². The summed E-state index contributed by atoms with van der Waals surface area (Å²) in [6, 6.07) is 9.62. The second-order valence-electron chi connectivity index (χ2n) is 6.99. The Kier molecular flexibility index (Phi) is 5.65. The number of ether oxygens (including phenoxy) is 1. The summed E-state index contributed by atoms with van der Waals surface area (Å²) in [6.45, 7) is 1.40. The zero-order valence-electron chi connectivity index (χ0n) is 16.6. The molecule has 0 aromatic heterocycles.